The van der Waals surface area contributed by atoms with Crippen molar-refractivity contribution >= 4 is 40.6 Å². The number of rotatable bonds is 6. The summed E-state index contributed by atoms with van der Waals surface area (Å²) in [6, 6.07) is 8.59. The Hall–Kier alpha value is -2.97. The number of carbonyl (C=O) groups excluding carboxylic acids is 2. The summed E-state index contributed by atoms with van der Waals surface area (Å²) < 4.78 is 0. The fourth-order valence-corrected chi connectivity index (χ4v) is 3.78. The van der Waals surface area contributed by atoms with Crippen molar-refractivity contribution in [2.75, 3.05) is 23.7 Å². The molecule has 8 nitrogen and oxygen atoms in total. The van der Waals surface area contributed by atoms with Crippen LogP contribution < -0.4 is 10.6 Å². The van der Waals surface area contributed by atoms with Gasteiger partial charge in [0.05, 0.1) is 22.0 Å². The molecule has 1 fully saturated rings. The number of amides is 2. The number of hydrogen-bond acceptors (Lipinski definition) is 6. The Balaban J connectivity index is 1.80. The van der Waals surface area contributed by atoms with Crippen molar-refractivity contribution in [1.29, 1.82) is 0 Å². The van der Waals surface area contributed by atoms with Crippen LogP contribution in [0.15, 0.2) is 41.7 Å². The number of benzene rings is 1. The SMILES string of the molecule is C/C(=N\O)c1ccc(NC(=O)C2CCN(C(C)C)CC2)c(C(=O)Nc2ccc(Cl)cn2)c1. The molecule has 1 aromatic heterocycles. The van der Waals surface area contributed by atoms with Gasteiger partial charge in [-0.15, -0.1) is 0 Å². The van der Waals surface area contributed by atoms with Crippen molar-refractivity contribution in [3.05, 3.63) is 52.7 Å². The Morgan fingerprint density at radius 1 is 1.19 bits per heavy atom. The summed E-state index contributed by atoms with van der Waals surface area (Å²) in [4.78, 5) is 32.4. The van der Waals surface area contributed by atoms with E-state index in [1.807, 2.05) is 0 Å². The normalized spacial score (nSPS) is 15.6. The highest BCUT2D eigenvalue weighted by molar-refractivity contribution is 6.30. The highest BCUT2D eigenvalue weighted by Crippen LogP contribution is 2.24. The van der Waals surface area contributed by atoms with Crippen LogP contribution in [-0.2, 0) is 4.79 Å². The number of piperidine rings is 1. The first kappa shape index (κ1) is 23.7. The minimum atomic E-state index is -0.447. The minimum Gasteiger partial charge on any atom is -0.411 e. The Labute approximate surface area is 192 Å². The molecule has 1 aromatic carbocycles. The van der Waals surface area contributed by atoms with E-state index in [1.54, 1.807) is 37.3 Å². The topological polar surface area (TPSA) is 107 Å². The molecule has 0 aliphatic carbocycles. The lowest BCUT2D eigenvalue weighted by molar-refractivity contribution is -0.121. The monoisotopic (exact) mass is 457 g/mol. The number of halogens is 1. The van der Waals surface area contributed by atoms with Gasteiger partial charge in [0.1, 0.15) is 5.82 Å². The molecule has 1 aliphatic heterocycles. The maximum Gasteiger partial charge on any atom is 0.258 e. The van der Waals surface area contributed by atoms with Crippen molar-refractivity contribution in [2.24, 2.45) is 11.1 Å². The molecule has 9 heteroatoms. The van der Waals surface area contributed by atoms with Gasteiger partial charge in [0.25, 0.3) is 5.91 Å². The second kappa shape index (κ2) is 10.6. The van der Waals surface area contributed by atoms with Crippen LogP contribution in [0.2, 0.25) is 5.02 Å². The van der Waals surface area contributed by atoms with Gasteiger partial charge in [-0.3, -0.25) is 9.59 Å². The number of hydrogen-bond donors (Lipinski definition) is 3. The molecule has 0 atom stereocenters. The number of carbonyl (C=O) groups is 2. The van der Waals surface area contributed by atoms with Crippen molar-refractivity contribution in [1.82, 2.24) is 9.88 Å². The maximum absolute atomic E-state index is 13.0. The second-order valence-electron chi connectivity index (χ2n) is 8.15. The molecule has 0 unspecified atom stereocenters. The molecular weight excluding hydrogens is 430 g/mol. The molecule has 0 bridgehead atoms. The lowest BCUT2D eigenvalue weighted by Gasteiger charge is -2.34. The summed E-state index contributed by atoms with van der Waals surface area (Å²) in [5.41, 5.74) is 1.55. The predicted molar refractivity (Wildman–Crippen MR) is 126 cm³/mol. The first-order valence-corrected chi connectivity index (χ1v) is 11.0. The van der Waals surface area contributed by atoms with E-state index < -0.39 is 5.91 Å². The fourth-order valence-electron chi connectivity index (χ4n) is 3.67. The lowest BCUT2D eigenvalue weighted by atomic mass is 9.94. The predicted octanol–water partition coefficient (Wildman–Crippen LogP) is 4.24. The van der Waals surface area contributed by atoms with Gasteiger partial charge in [-0.1, -0.05) is 22.8 Å². The van der Waals surface area contributed by atoms with Gasteiger partial charge in [0, 0.05) is 18.2 Å². The Bertz CT molecular complexity index is 999. The Morgan fingerprint density at radius 2 is 1.91 bits per heavy atom. The largest absolute Gasteiger partial charge is 0.411 e. The van der Waals surface area contributed by atoms with E-state index in [0.29, 0.717) is 33.8 Å². The van der Waals surface area contributed by atoms with E-state index in [4.69, 9.17) is 16.8 Å². The average molecular weight is 458 g/mol. The number of oxime groups is 1. The van der Waals surface area contributed by atoms with Crippen LogP contribution in [0.4, 0.5) is 11.5 Å². The minimum absolute atomic E-state index is 0.104. The van der Waals surface area contributed by atoms with Crippen LogP contribution in [0.5, 0.6) is 0 Å². The van der Waals surface area contributed by atoms with Crippen molar-refractivity contribution in [3.63, 3.8) is 0 Å². The van der Waals surface area contributed by atoms with Crippen LogP contribution in [0.25, 0.3) is 0 Å². The summed E-state index contributed by atoms with van der Waals surface area (Å²) in [5.74, 6) is -0.334. The Kier molecular flexibility index (Phi) is 7.82. The van der Waals surface area contributed by atoms with Gasteiger partial charge < -0.3 is 20.7 Å². The molecule has 0 radical (unpaired) electrons. The average Bonchev–Trinajstić information content (AvgIpc) is 2.80. The van der Waals surface area contributed by atoms with Crippen LogP contribution in [0.3, 0.4) is 0 Å². The molecule has 1 aliphatic rings. The van der Waals surface area contributed by atoms with Gasteiger partial charge >= 0.3 is 0 Å². The number of anilines is 2. The number of nitrogens with zero attached hydrogens (tertiary/aromatic N) is 3. The van der Waals surface area contributed by atoms with Crippen molar-refractivity contribution in [2.45, 2.75) is 39.7 Å². The van der Waals surface area contributed by atoms with E-state index in [9.17, 15) is 9.59 Å². The Morgan fingerprint density at radius 3 is 2.50 bits per heavy atom. The summed E-state index contributed by atoms with van der Waals surface area (Å²) in [7, 11) is 0. The van der Waals surface area contributed by atoms with Crippen molar-refractivity contribution in [3.8, 4) is 0 Å². The van der Waals surface area contributed by atoms with Gasteiger partial charge in [0.2, 0.25) is 5.91 Å². The molecule has 2 heterocycles. The van der Waals surface area contributed by atoms with E-state index >= 15 is 0 Å². The van der Waals surface area contributed by atoms with Crippen LogP contribution >= 0.6 is 11.6 Å². The molecule has 0 spiro atoms. The van der Waals surface area contributed by atoms with E-state index in [2.05, 4.69) is 39.5 Å². The first-order valence-electron chi connectivity index (χ1n) is 10.6. The fraction of sp³-hybridized carbons (Fsp3) is 0.391. The van der Waals surface area contributed by atoms with Gasteiger partial charge in [-0.25, -0.2) is 4.98 Å². The summed E-state index contributed by atoms with van der Waals surface area (Å²) in [6.45, 7) is 7.67. The third-order valence-corrected chi connectivity index (χ3v) is 5.91. The molecule has 3 N–H and O–H groups in total. The van der Waals surface area contributed by atoms with Crippen LogP contribution in [0, 0.1) is 5.92 Å². The lowest BCUT2D eigenvalue weighted by Crippen LogP contribution is -2.41. The van der Waals surface area contributed by atoms with Gasteiger partial charge in [0.15, 0.2) is 0 Å². The third-order valence-electron chi connectivity index (χ3n) is 5.69. The molecule has 3 rings (SSSR count). The number of pyridine rings is 1. The van der Waals surface area contributed by atoms with E-state index in [1.165, 1.54) is 6.20 Å². The highest BCUT2D eigenvalue weighted by atomic mass is 35.5. The van der Waals surface area contributed by atoms with Gasteiger partial charge in [-0.05, 0) is 76.5 Å². The van der Waals surface area contributed by atoms with Gasteiger partial charge in [-0.2, -0.15) is 0 Å². The third kappa shape index (κ3) is 5.83. The quantitative estimate of drug-likeness (QED) is 0.341. The molecule has 170 valence electrons. The zero-order valence-corrected chi connectivity index (χ0v) is 19.2. The van der Waals surface area contributed by atoms with E-state index in [-0.39, 0.29) is 17.4 Å². The zero-order chi connectivity index (χ0) is 23.3. The van der Waals surface area contributed by atoms with E-state index in [0.717, 1.165) is 25.9 Å². The summed E-state index contributed by atoms with van der Waals surface area (Å²) in [5, 5.41) is 18.4. The van der Waals surface area contributed by atoms with Crippen LogP contribution in [0.1, 0.15) is 49.5 Å². The number of likely N-dealkylation sites (tertiary alicyclic amines) is 1. The van der Waals surface area contributed by atoms with Crippen LogP contribution in [-0.4, -0.2) is 51.7 Å². The maximum atomic E-state index is 13.0. The number of nitrogens with one attached hydrogen (secondary N) is 2. The molecule has 2 amide bonds. The summed E-state index contributed by atoms with van der Waals surface area (Å²) in [6.07, 6.45) is 2.98. The zero-order valence-electron chi connectivity index (χ0n) is 18.4. The smallest absolute Gasteiger partial charge is 0.258 e. The molecule has 0 saturated carbocycles. The first-order chi connectivity index (χ1) is 15.3. The molecular formula is C23H28ClN5O3. The molecule has 1 saturated heterocycles. The standard InChI is InChI=1S/C23H28ClN5O3/c1-14(2)29-10-8-16(9-11-29)22(30)26-20-6-4-17(15(3)28-32)12-19(20)23(31)27-21-7-5-18(24)13-25-21/h4-7,12-14,16,32H,8-11H2,1-3H3,(H,26,30)(H,25,27,31)/b28-15+. The molecule has 2 aromatic rings. The number of aromatic nitrogens is 1. The van der Waals surface area contributed by atoms with Crippen molar-refractivity contribution < 1.29 is 14.8 Å². The second-order valence-corrected chi connectivity index (χ2v) is 8.59. The highest BCUT2D eigenvalue weighted by Gasteiger charge is 2.27. The summed E-state index contributed by atoms with van der Waals surface area (Å²) >= 11 is 5.86. The molecule has 32 heavy (non-hydrogen) atoms.